The normalized spacial score (nSPS) is 11.7. The maximum Gasteiger partial charge on any atom is 0.417 e. The molecule has 0 unspecified atom stereocenters. The van der Waals surface area contributed by atoms with Gasteiger partial charge in [-0.2, -0.15) is 13.2 Å². The molecule has 3 aromatic carbocycles. The molecule has 0 aliphatic carbocycles. The first kappa shape index (κ1) is 26.4. The fraction of sp³-hybridized carbons (Fsp3) is 0.208. The number of carbonyl (C=O) groups is 1. The number of benzene rings is 3. The number of anilines is 2. The van der Waals surface area contributed by atoms with Gasteiger partial charge in [0.15, 0.2) is 0 Å². The number of alkyl halides is 3. The van der Waals surface area contributed by atoms with Crippen molar-refractivity contribution in [3.63, 3.8) is 0 Å². The summed E-state index contributed by atoms with van der Waals surface area (Å²) in [5, 5.41) is 2.12. The van der Waals surface area contributed by atoms with E-state index in [4.69, 9.17) is 16.3 Å². The molecule has 0 aliphatic rings. The summed E-state index contributed by atoms with van der Waals surface area (Å²) in [6.45, 7) is 2.33. The minimum atomic E-state index is -4.73. The van der Waals surface area contributed by atoms with E-state index in [9.17, 15) is 26.4 Å². The van der Waals surface area contributed by atoms with Crippen molar-refractivity contribution in [3.8, 4) is 5.75 Å². The summed E-state index contributed by atoms with van der Waals surface area (Å²) in [7, 11) is -4.17. The first-order valence-electron chi connectivity index (χ1n) is 10.4. The van der Waals surface area contributed by atoms with Crippen LogP contribution in [0.3, 0.4) is 0 Å². The predicted molar refractivity (Wildman–Crippen MR) is 128 cm³/mol. The lowest BCUT2D eigenvalue weighted by Crippen LogP contribution is -2.15. The lowest BCUT2D eigenvalue weighted by molar-refractivity contribution is -0.137. The molecule has 186 valence electrons. The first-order valence-corrected chi connectivity index (χ1v) is 12.3. The second kappa shape index (κ2) is 11.0. The number of hydrogen-bond donors (Lipinski definition) is 2. The summed E-state index contributed by atoms with van der Waals surface area (Å²) in [6, 6.07) is 15.5. The van der Waals surface area contributed by atoms with Crippen LogP contribution >= 0.6 is 11.6 Å². The van der Waals surface area contributed by atoms with Gasteiger partial charge in [-0.3, -0.25) is 9.52 Å². The fourth-order valence-corrected chi connectivity index (χ4v) is 4.29. The van der Waals surface area contributed by atoms with Crippen LogP contribution < -0.4 is 14.8 Å². The van der Waals surface area contributed by atoms with Crippen molar-refractivity contribution in [1.82, 2.24) is 0 Å². The van der Waals surface area contributed by atoms with Crippen molar-refractivity contribution >= 4 is 38.9 Å². The van der Waals surface area contributed by atoms with Gasteiger partial charge < -0.3 is 10.1 Å². The van der Waals surface area contributed by atoms with E-state index in [2.05, 4.69) is 10.0 Å². The van der Waals surface area contributed by atoms with Crippen LogP contribution in [0, 0.1) is 6.92 Å². The van der Waals surface area contributed by atoms with E-state index in [-0.39, 0.29) is 22.9 Å². The molecule has 3 aromatic rings. The van der Waals surface area contributed by atoms with Gasteiger partial charge in [0.1, 0.15) is 5.75 Å². The molecule has 0 bridgehead atoms. The molecule has 0 fully saturated rings. The van der Waals surface area contributed by atoms with E-state index in [1.165, 1.54) is 24.3 Å². The molecule has 0 saturated heterocycles. The number of halogens is 4. The van der Waals surface area contributed by atoms with Crippen molar-refractivity contribution in [2.75, 3.05) is 16.6 Å². The van der Waals surface area contributed by atoms with Gasteiger partial charge in [-0.25, -0.2) is 8.42 Å². The van der Waals surface area contributed by atoms with Gasteiger partial charge >= 0.3 is 6.18 Å². The summed E-state index contributed by atoms with van der Waals surface area (Å²) in [6.07, 6.45) is -4.05. The Morgan fingerprint density at radius 1 is 0.971 bits per heavy atom. The number of aryl methyl sites for hydroxylation is 1. The molecule has 35 heavy (non-hydrogen) atoms. The predicted octanol–water partition coefficient (Wildman–Crippen LogP) is 6.27. The van der Waals surface area contributed by atoms with Crippen LogP contribution in [-0.4, -0.2) is 20.9 Å². The van der Waals surface area contributed by atoms with Crippen LogP contribution in [0.4, 0.5) is 24.5 Å². The Morgan fingerprint density at radius 3 is 2.23 bits per heavy atom. The maximum atomic E-state index is 13.0. The highest BCUT2D eigenvalue weighted by atomic mass is 35.5. The number of carbonyl (C=O) groups excluding carboxylic acids is 1. The smallest absolute Gasteiger partial charge is 0.417 e. The Hall–Kier alpha value is -3.24. The lowest BCUT2D eigenvalue weighted by atomic mass is 10.2. The van der Waals surface area contributed by atoms with Gasteiger partial charge in [-0.15, -0.1) is 0 Å². The van der Waals surface area contributed by atoms with Crippen molar-refractivity contribution in [2.45, 2.75) is 30.8 Å². The molecule has 0 atom stereocenters. The molecule has 3 rings (SSSR count). The third kappa shape index (κ3) is 7.63. The number of nitrogens with one attached hydrogen (secondary N) is 2. The third-order valence-corrected chi connectivity index (χ3v) is 6.54. The standard InChI is InChI=1S/C24H22ClF3N2O4S/c1-16-4-9-19(10-5-16)34-14-2-3-23(31)29-17-6-11-20(12-7-17)35(32,33)30-18-8-13-22(25)21(15-18)24(26,27)28/h4-13,15,30H,2-3,14H2,1H3,(H,29,31). The number of rotatable bonds is 9. The third-order valence-electron chi connectivity index (χ3n) is 4.81. The van der Waals surface area contributed by atoms with E-state index in [0.29, 0.717) is 24.8 Å². The van der Waals surface area contributed by atoms with Crippen molar-refractivity contribution in [1.29, 1.82) is 0 Å². The van der Waals surface area contributed by atoms with Crippen molar-refractivity contribution in [3.05, 3.63) is 82.9 Å². The Balaban J connectivity index is 1.54. The average Bonchev–Trinajstić information content (AvgIpc) is 2.79. The van der Waals surface area contributed by atoms with Gasteiger partial charge in [-0.1, -0.05) is 29.3 Å². The highest BCUT2D eigenvalue weighted by Gasteiger charge is 2.33. The highest BCUT2D eigenvalue weighted by molar-refractivity contribution is 7.92. The first-order chi connectivity index (χ1) is 16.4. The molecule has 11 heteroatoms. The van der Waals surface area contributed by atoms with E-state index in [1.54, 1.807) is 0 Å². The summed E-state index contributed by atoms with van der Waals surface area (Å²) in [5.74, 6) is 0.446. The minimum Gasteiger partial charge on any atom is -0.494 e. The quantitative estimate of drug-likeness (QED) is 0.322. The molecular formula is C24H22ClF3N2O4S. The molecule has 0 heterocycles. The second-order valence-electron chi connectivity index (χ2n) is 7.64. The molecule has 2 N–H and O–H groups in total. The van der Waals surface area contributed by atoms with Crippen LogP contribution in [0.2, 0.25) is 5.02 Å². The largest absolute Gasteiger partial charge is 0.494 e. The van der Waals surface area contributed by atoms with Gasteiger partial charge in [0.05, 0.1) is 22.1 Å². The molecular weight excluding hydrogens is 505 g/mol. The highest BCUT2D eigenvalue weighted by Crippen LogP contribution is 2.36. The zero-order chi connectivity index (χ0) is 25.6. The van der Waals surface area contributed by atoms with E-state index in [0.717, 1.165) is 23.4 Å². The number of ether oxygens (including phenoxy) is 1. The Morgan fingerprint density at radius 2 is 1.60 bits per heavy atom. The zero-order valence-electron chi connectivity index (χ0n) is 18.5. The van der Waals surface area contributed by atoms with E-state index >= 15 is 0 Å². The maximum absolute atomic E-state index is 13.0. The van der Waals surface area contributed by atoms with Crippen molar-refractivity contribution < 1.29 is 31.1 Å². The topological polar surface area (TPSA) is 84.5 Å². The number of hydrogen-bond acceptors (Lipinski definition) is 4. The summed E-state index contributed by atoms with van der Waals surface area (Å²) >= 11 is 5.56. The average molecular weight is 527 g/mol. The zero-order valence-corrected chi connectivity index (χ0v) is 20.1. The molecule has 0 radical (unpaired) electrons. The Labute approximate surface area is 206 Å². The molecule has 1 amide bonds. The van der Waals surface area contributed by atoms with E-state index < -0.39 is 26.8 Å². The molecule has 0 saturated carbocycles. The molecule has 6 nitrogen and oxygen atoms in total. The van der Waals surface area contributed by atoms with Crippen molar-refractivity contribution in [2.24, 2.45) is 0 Å². The summed E-state index contributed by atoms with van der Waals surface area (Å²) in [5.41, 5.74) is 0.0554. The SMILES string of the molecule is Cc1ccc(OCCCC(=O)Nc2ccc(S(=O)(=O)Nc3ccc(Cl)c(C(F)(F)F)c3)cc2)cc1. The Bertz CT molecular complexity index is 1280. The van der Waals surface area contributed by atoms with Gasteiger partial charge in [0.25, 0.3) is 10.0 Å². The van der Waals surface area contributed by atoms with Gasteiger partial charge in [0, 0.05) is 17.8 Å². The number of amides is 1. The van der Waals surface area contributed by atoms with Crippen LogP contribution in [0.1, 0.15) is 24.0 Å². The van der Waals surface area contributed by atoms with Gasteiger partial charge in [0.2, 0.25) is 5.91 Å². The van der Waals surface area contributed by atoms with Crippen LogP contribution in [0.25, 0.3) is 0 Å². The Kier molecular flexibility index (Phi) is 8.29. The molecule has 0 aliphatic heterocycles. The monoisotopic (exact) mass is 526 g/mol. The van der Waals surface area contributed by atoms with Crippen LogP contribution in [-0.2, 0) is 21.0 Å². The fourth-order valence-electron chi connectivity index (χ4n) is 3.02. The molecule has 0 spiro atoms. The van der Waals surface area contributed by atoms with E-state index in [1.807, 2.05) is 31.2 Å². The lowest BCUT2D eigenvalue weighted by Gasteiger charge is -2.13. The second-order valence-corrected chi connectivity index (χ2v) is 9.73. The summed E-state index contributed by atoms with van der Waals surface area (Å²) < 4.78 is 71.9. The number of sulfonamides is 1. The molecule has 0 aromatic heterocycles. The van der Waals surface area contributed by atoms with Gasteiger partial charge in [-0.05, 0) is 67.9 Å². The minimum absolute atomic E-state index is 0.189. The van der Waals surface area contributed by atoms with Crippen LogP contribution in [0.15, 0.2) is 71.6 Å². The van der Waals surface area contributed by atoms with Crippen LogP contribution in [0.5, 0.6) is 5.75 Å². The summed E-state index contributed by atoms with van der Waals surface area (Å²) in [4.78, 5) is 11.9.